The Morgan fingerprint density at radius 3 is 2.90 bits per heavy atom. The summed E-state index contributed by atoms with van der Waals surface area (Å²) in [6, 6.07) is 7.31. The Balaban J connectivity index is 1.24. The Hall–Kier alpha value is -4.81. The van der Waals surface area contributed by atoms with Gasteiger partial charge in [0.1, 0.15) is 40.6 Å². The first-order valence-corrected chi connectivity index (χ1v) is 16.5. The molecule has 1 aromatic carbocycles. The summed E-state index contributed by atoms with van der Waals surface area (Å²) in [7, 11) is 0. The molecule has 48 heavy (non-hydrogen) atoms. The summed E-state index contributed by atoms with van der Waals surface area (Å²) in [5.74, 6) is -2.38. The number of alkyl halides is 1. The molecule has 15 heteroatoms. The zero-order valence-electron chi connectivity index (χ0n) is 25.7. The van der Waals surface area contributed by atoms with Crippen molar-refractivity contribution in [1.82, 2.24) is 29.7 Å². The van der Waals surface area contributed by atoms with Gasteiger partial charge < -0.3 is 19.6 Å². The van der Waals surface area contributed by atoms with Crippen LogP contribution < -0.4 is 9.64 Å². The van der Waals surface area contributed by atoms with Gasteiger partial charge in [-0.3, -0.25) is 14.7 Å². The fourth-order valence-electron chi connectivity index (χ4n) is 7.04. The van der Waals surface area contributed by atoms with Gasteiger partial charge in [0.25, 0.3) is 5.91 Å². The van der Waals surface area contributed by atoms with Crippen molar-refractivity contribution in [2.75, 3.05) is 44.2 Å². The number of hydrogen-bond acceptors (Lipinski definition) is 11. The fourth-order valence-corrected chi connectivity index (χ4v) is 7.59. The maximum absolute atomic E-state index is 16.3. The van der Waals surface area contributed by atoms with Crippen LogP contribution in [0.3, 0.4) is 0 Å². The van der Waals surface area contributed by atoms with E-state index in [1.54, 1.807) is 22.4 Å². The third-order valence-corrected chi connectivity index (χ3v) is 9.99. The molecule has 3 fully saturated rings. The van der Waals surface area contributed by atoms with Crippen LogP contribution in [0.25, 0.3) is 28.2 Å². The number of amides is 1. The van der Waals surface area contributed by atoms with Gasteiger partial charge in [-0.25, -0.2) is 18.2 Å². The lowest BCUT2D eigenvalue weighted by Crippen LogP contribution is -2.55. The molecular weight excluding hydrogens is 645 g/mol. The molecule has 7 rings (SSSR count). The highest BCUT2D eigenvalue weighted by Crippen LogP contribution is 2.41. The predicted octanol–water partition coefficient (Wildman–Crippen LogP) is 4.89. The van der Waals surface area contributed by atoms with E-state index < -0.39 is 35.3 Å². The molecule has 3 saturated heterocycles. The Morgan fingerprint density at radius 1 is 1.23 bits per heavy atom. The molecule has 248 valence electrons. The Bertz CT molecular complexity index is 1920. The summed E-state index contributed by atoms with van der Waals surface area (Å²) in [5.41, 5.74) is -0.273. The minimum atomic E-state index is -0.988. The Kier molecular flexibility index (Phi) is 8.61. The number of pyridine rings is 1. The second-order valence-electron chi connectivity index (χ2n) is 12.3. The van der Waals surface area contributed by atoms with Gasteiger partial charge in [-0.2, -0.15) is 15.2 Å². The van der Waals surface area contributed by atoms with Gasteiger partial charge in [0, 0.05) is 62.0 Å². The molecule has 2 unspecified atom stereocenters. The summed E-state index contributed by atoms with van der Waals surface area (Å²) in [4.78, 5) is 35.9. The zero-order chi connectivity index (χ0) is 33.4. The van der Waals surface area contributed by atoms with E-state index >= 15 is 8.78 Å². The number of nitriles is 1. The number of halogens is 3. The average Bonchev–Trinajstić information content (AvgIpc) is 3.80. The average molecular weight is 677 g/mol. The number of rotatable bonds is 8. The third kappa shape index (κ3) is 6.01. The zero-order valence-corrected chi connectivity index (χ0v) is 26.5. The maximum Gasteiger partial charge on any atom is 0.319 e. The summed E-state index contributed by atoms with van der Waals surface area (Å²) in [5, 5.41) is 21.9. The van der Waals surface area contributed by atoms with Gasteiger partial charge in [0.15, 0.2) is 11.6 Å². The summed E-state index contributed by atoms with van der Waals surface area (Å²) in [6.45, 7) is 1.55. The molecule has 3 aliphatic rings. The van der Waals surface area contributed by atoms with Crippen molar-refractivity contribution in [2.24, 2.45) is 0 Å². The van der Waals surface area contributed by atoms with Crippen molar-refractivity contribution < 1.29 is 27.8 Å². The van der Waals surface area contributed by atoms with Crippen LogP contribution >= 0.6 is 11.3 Å². The second kappa shape index (κ2) is 13.0. The number of phenols is 1. The van der Waals surface area contributed by atoms with Crippen LogP contribution in [0, 0.1) is 17.1 Å². The molecule has 1 amide bonds. The van der Waals surface area contributed by atoms with E-state index in [9.17, 15) is 19.6 Å². The van der Waals surface area contributed by atoms with E-state index in [-0.39, 0.29) is 66.8 Å². The molecule has 0 saturated carbocycles. The summed E-state index contributed by atoms with van der Waals surface area (Å²) >= 11 is 1.19. The van der Waals surface area contributed by atoms with Gasteiger partial charge in [0.05, 0.1) is 29.5 Å². The van der Waals surface area contributed by atoms with E-state index in [1.165, 1.54) is 40.8 Å². The molecule has 4 aromatic rings. The molecule has 3 atom stereocenters. The molecule has 0 bridgehead atoms. The smallest absolute Gasteiger partial charge is 0.319 e. The lowest BCUT2D eigenvalue weighted by atomic mass is 9.95. The molecular formula is C33H31F3N8O3S. The molecule has 0 aliphatic carbocycles. The number of fused-ring (bicyclic) bond motifs is 2. The van der Waals surface area contributed by atoms with Crippen molar-refractivity contribution in [3.63, 3.8) is 0 Å². The monoisotopic (exact) mass is 676 g/mol. The quantitative estimate of drug-likeness (QED) is 0.258. The molecule has 0 radical (unpaired) electrons. The van der Waals surface area contributed by atoms with Crippen LogP contribution in [-0.2, 0) is 4.79 Å². The Morgan fingerprint density at radius 2 is 2.10 bits per heavy atom. The Labute approximate surface area is 277 Å². The minimum Gasteiger partial charge on any atom is -0.508 e. The number of phenolic OH excluding ortho intramolecular Hbond substituents is 1. The second-order valence-corrected chi connectivity index (χ2v) is 13.2. The summed E-state index contributed by atoms with van der Waals surface area (Å²) < 4.78 is 52.0. The highest BCUT2D eigenvalue weighted by molar-refractivity contribution is 7.10. The molecule has 6 heterocycles. The van der Waals surface area contributed by atoms with E-state index in [4.69, 9.17) is 4.74 Å². The first-order chi connectivity index (χ1) is 23.2. The van der Waals surface area contributed by atoms with E-state index in [0.717, 1.165) is 25.5 Å². The van der Waals surface area contributed by atoms with Crippen LogP contribution in [0.5, 0.6) is 11.8 Å². The van der Waals surface area contributed by atoms with E-state index in [2.05, 4.69) is 30.9 Å². The van der Waals surface area contributed by atoms with E-state index in [1.807, 2.05) is 0 Å². The predicted molar refractivity (Wildman–Crippen MR) is 172 cm³/mol. The SMILES string of the molecule is N#CCC1CN(c2nc(OC[C@@]34CCCN3CC(F)C4)nc3c(F)c(-c4cccc(O)c4)ncc23)CCN1C(=O)/C(F)=C/c1nccs1. The molecule has 1 N–H and O–H groups in total. The van der Waals surface area contributed by atoms with Gasteiger partial charge in [-0.05, 0) is 31.5 Å². The lowest BCUT2D eigenvalue weighted by molar-refractivity contribution is -0.131. The fraction of sp³-hybridized carbons (Fsp3) is 0.394. The van der Waals surface area contributed by atoms with Crippen molar-refractivity contribution >= 4 is 40.0 Å². The number of carbonyl (C=O) groups excluding carboxylic acids is 1. The number of nitrogens with zero attached hydrogens (tertiary/aromatic N) is 8. The van der Waals surface area contributed by atoms with Crippen molar-refractivity contribution in [3.8, 4) is 29.1 Å². The third-order valence-electron chi connectivity index (χ3n) is 9.27. The number of benzene rings is 1. The first kappa shape index (κ1) is 31.8. The van der Waals surface area contributed by atoms with Crippen molar-refractivity contribution in [1.29, 1.82) is 5.26 Å². The topological polar surface area (TPSA) is 132 Å². The number of piperazine rings is 1. The number of carbonyl (C=O) groups is 1. The number of thiazole rings is 1. The summed E-state index contributed by atoms with van der Waals surface area (Å²) in [6.07, 6.45) is 4.96. The van der Waals surface area contributed by atoms with Gasteiger partial charge in [0.2, 0.25) is 0 Å². The van der Waals surface area contributed by atoms with E-state index in [0.29, 0.717) is 23.5 Å². The highest BCUT2D eigenvalue weighted by atomic mass is 32.1. The maximum atomic E-state index is 16.3. The first-order valence-electron chi connectivity index (χ1n) is 15.6. The largest absolute Gasteiger partial charge is 0.508 e. The van der Waals surface area contributed by atoms with Crippen LogP contribution in [-0.4, -0.2) is 97.8 Å². The van der Waals surface area contributed by atoms with Crippen LogP contribution in [0.4, 0.5) is 19.0 Å². The van der Waals surface area contributed by atoms with Crippen molar-refractivity contribution in [2.45, 2.75) is 43.4 Å². The van der Waals surface area contributed by atoms with Crippen molar-refractivity contribution in [3.05, 3.63) is 58.7 Å². The number of anilines is 1. The van der Waals surface area contributed by atoms with Gasteiger partial charge in [-0.15, -0.1) is 11.3 Å². The molecule has 3 aromatic heterocycles. The van der Waals surface area contributed by atoms with Crippen LogP contribution in [0.2, 0.25) is 0 Å². The number of ether oxygens (including phenoxy) is 1. The van der Waals surface area contributed by atoms with Crippen LogP contribution in [0.15, 0.2) is 47.9 Å². The minimum absolute atomic E-state index is 0.0362. The number of hydrogen-bond donors (Lipinski definition) is 1. The number of aromatic nitrogens is 4. The van der Waals surface area contributed by atoms with Crippen LogP contribution in [0.1, 0.15) is 30.7 Å². The molecule has 11 nitrogen and oxygen atoms in total. The normalized spacial score (nSPS) is 23.0. The molecule has 3 aliphatic heterocycles. The van der Waals surface area contributed by atoms with Gasteiger partial charge in [-0.1, -0.05) is 12.1 Å². The standard InChI is InChI=1S/C33H31F3N8O3S/c34-21-15-33(6-2-9-43(33)17-21)19-47-32-40-29-24(16-39-28(27(29)36)20-3-1-4-23(45)13-20)30(41-32)42-10-11-44(22(18-42)5-7-37)31(46)25(35)14-26-38-8-12-48-26/h1,3-4,8,12-14,16,21-22,45H,2,5-6,9-11,15,17-19H2/b25-14-/t21?,22?,33-/m0/s1. The van der Waals surface area contributed by atoms with Gasteiger partial charge >= 0.3 is 6.01 Å². The number of aromatic hydroxyl groups is 1. The molecule has 0 spiro atoms. The highest BCUT2D eigenvalue weighted by Gasteiger charge is 2.49. The lowest BCUT2D eigenvalue weighted by Gasteiger charge is -2.41.